The predicted octanol–water partition coefficient (Wildman–Crippen LogP) is 2.33. The maximum absolute atomic E-state index is 12.9. The highest BCUT2D eigenvalue weighted by atomic mass is 19.4. The van der Waals surface area contributed by atoms with E-state index in [4.69, 9.17) is 10.5 Å². The van der Waals surface area contributed by atoms with Gasteiger partial charge >= 0.3 is 12.1 Å². The second-order valence-electron chi connectivity index (χ2n) is 5.78. The van der Waals surface area contributed by atoms with Crippen LogP contribution in [0.2, 0.25) is 0 Å². The van der Waals surface area contributed by atoms with Crippen LogP contribution in [-0.2, 0) is 15.7 Å². The number of halogens is 3. The number of hydrogen-bond donors (Lipinski definition) is 1. The first-order chi connectivity index (χ1) is 11.3. The van der Waals surface area contributed by atoms with Gasteiger partial charge in [0.2, 0.25) is 5.82 Å². The first-order valence-corrected chi connectivity index (χ1v) is 7.46. The Balaban J connectivity index is 1.91. The van der Waals surface area contributed by atoms with Crippen molar-refractivity contribution in [1.29, 1.82) is 0 Å². The minimum Gasteiger partial charge on any atom is -0.469 e. The van der Waals surface area contributed by atoms with Crippen molar-refractivity contribution in [3.63, 3.8) is 0 Å². The van der Waals surface area contributed by atoms with E-state index in [1.165, 1.54) is 13.4 Å². The minimum atomic E-state index is -4.68. The van der Waals surface area contributed by atoms with Gasteiger partial charge in [-0.25, -0.2) is 15.0 Å². The van der Waals surface area contributed by atoms with E-state index in [0.717, 1.165) is 0 Å². The monoisotopic (exact) mass is 343 g/mol. The number of nitrogens with two attached hydrogens (primary N) is 1. The van der Waals surface area contributed by atoms with Crippen molar-refractivity contribution in [3.8, 4) is 0 Å². The molecule has 1 saturated carbocycles. The standard InChI is InChI=1S/C14H16F3N5O2/c1-24-12(23)7-2-4-8(5-3-7)22-6-19-9-10(18)20-13(14(15,16)17)21-11(9)22/h6-8H,2-5H2,1H3,(H2,18,20,21). The third-order valence-corrected chi connectivity index (χ3v) is 4.33. The highest BCUT2D eigenvalue weighted by Crippen LogP contribution is 2.35. The van der Waals surface area contributed by atoms with E-state index >= 15 is 0 Å². The highest BCUT2D eigenvalue weighted by Gasteiger charge is 2.36. The van der Waals surface area contributed by atoms with E-state index in [1.807, 2.05) is 0 Å². The summed E-state index contributed by atoms with van der Waals surface area (Å²) in [5, 5.41) is 0. The van der Waals surface area contributed by atoms with Crippen LogP contribution in [0.1, 0.15) is 37.5 Å². The van der Waals surface area contributed by atoms with Crippen molar-refractivity contribution < 1.29 is 22.7 Å². The lowest BCUT2D eigenvalue weighted by atomic mass is 9.86. The quantitative estimate of drug-likeness (QED) is 0.841. The third kappa shape index (κ3) is 2.87. The Morgan fingerprint density at radius 1 is 1.29 bits per heavy atom. The highest BCUT2D eigenvalue weighted by molar-refractivity contribution is 5.81. The number of alkyl halides is 3. The van der Waals surface area contributed by atoms with Gasteiger partial charge in [-0.15, -0.1) is 0 Å². The molecule has 0 atom stereocenters. The molecule has 0 aromatic carbocycles. The zero-order valence-corrected chi connectivity index (χ0v) is 12.9. The molecule has 3 rings (SSSR count). The summed E-state index contributed by atoms with van der Waals surface area (Å²) in [5.74, 6) is -2.01. The van der Waals surface area contributed by atoms with E-state index in [2.05, 4.69) is 15.0 Å². The van der Waals surface area contributed by atoms with Crippen molar-refractivity contribution in [2.45, 2.75) is 37.9 Å². The van der Waals surface area contributed by atoms with Crippen LogP contribution >= 0.6 is 0 Å². The van der Waals surface area contributed by atoms with Crippen molar-refractivity contribution in [2.75, 3.05) is 12.8 Å². The molecule has 0 spiro atoms. The number of imidazole rings is 1. The molecule has 0 bridgehead atoms. The Kier molecular flexibility index (Phi) is 4.06. The first-order valence-electron chi connectivity index (χ1n) is 7.46. The summed E-state index contributed by atoms with van der Waals surface area (Å²) < 4.78 is 45.0. The summed E-state index contributed by atoms with van der Waals surface area (Å²) in [7, 11) is 1.34. The molecule has 7 nitrogen and oxygen atoms in total. The van der Waals surface area contributed by atoms with Gasteiger partial charge in [0.1, 0.15) is 5.52 Å². The maximum atomic E-state index is 12.9. The van der Waals surface area contributed by atoms with Crippen LogP contribution in [0.25, 0.3) is 11.2 Å². The van der Waals surface area contributed by atoms with Crippen LogP contribution in [-0.4, -0.2) is 32.6 Å². The minimum absolute atomic E-state index is 0.0661. The molecule has 130 valence electrons. The number of nitrogen functional groups attached to an aromatic ring is 1. The Morgan fingerprint density at radius 2 is 1.96 bits per heavy atom. The fraction of sp³-hybridized carbons (Fsp3) is 0.571. The molecule has 1 aliphatic rings. The topological polar surface area (TPSA) is 95.9 Å². The Bertz CT molecular complexity index is 766. The van der Waals surface area contributed by atoms with Gasteiger partial charge in [0.15, 0.2) is 11.5 Å². The average Bonchev–Trinajstić information content (AvgIpc) is 2.98. The molecular formula is C14H16F3N5O2. The predicted molar refractivity (Wildman–Crippen MR) is 77.7 cm³/mol. The molecule has 2 N–H and O–H groups in total. The lowest BCUT2D eigenvalue weighted by molar-refractivity contribution is -0.147. The number of rotatable bonds is 2. The molecule has 0 radical (unpaired) electrons. The molecule has 0 aliphatic heterocycles. The van der Waals surface area contributed by atoms with Crippen molar-refractivity contribution in [3.05, 3.63) is 12.2 Å². The Morgan fingerprint density at radius 3 is 2.54 bits per heavy atom. The fourth-order valence-electron chi connectivity index (χ4n) is 3.09. The summed E-state index contributed by atoms with van der Waals surface area (Å²) in [4.78, 5) is 22.5. The Labute approximate surface area is 135 Å². The lowest BCUT2D eigenvalue weighted by Gasteiger charge is -2.27. The number of hydrogen-bond acceptors (Lipinski definition) is 6. The van der Waals surface area contributed by atoms with Gasteiger partial charge in [-0.1, -0.05) is 0 Å². The SMILES string of the molecule is COC(=O)C1CCC(n2cnc3c(N)nc(C(F)(F)F)nc32)CC1. The molecule has 0 amide bonds. The van der Waals surface area contributed by atoms with E-state index < -0.39 is 12.0 Å². The maximum Gasteiger partial charge on any atom is 0.451 e. The van der Waals surface area contributed by atoms with Crippen molar-refractivity contribution >= 4 is 23.0 Å². The number of fused-ring (bicyclic) bond motifs is 1. The summed E-state index contributed by atoms with van der Waals surface area (Å²) in [5.41, 5.74) is 5.81. The zero-order chi connectivity index (χ0) is 17.5. The summed E-state index contributed by atoms with van der Waals surface area (Å²) in [6, 6.07) is -0.0914. The second kappa shape index (κ2) is 5.91. The molecule has 0 saturated heterocycles. The summed E-state index contributed by atoms with van der Waals surface area (Å²) >= 11 is 0. The van der Waals surface area contributed by atoms with E-state index in [0.29, 0.717) is 25.7 Å². The van der Waals surface area contributed by atoms with Gasteiger partial charge in [-0.05, 0) is 25.7 Å². The molecule has 2 heterocycles. The third-order valence-electron chi connectivity index (χ3n) is 4.33. The number of carbonyl (C=O) groups excluding carboxylic acids is 1. The first kappa shape index (κ1) is 16.5. The average molecular weight is 343 g/mol. The van der Waals surface area contributed by atoms with Crippen LogP contribution in [0.4, 0.5) is 19.0 Å². The number of ether oxygens (including phenoxy) is 1. The van der Waals surface area contributed by atoms with Crippen LogP contribution < -0.4 is 5.73 Å². The van der Waals surface area contributed by atoms with E-state index in [-0.39, 0.29) is 34.9 Å². The number of anilines is 1. The van der Waals surface area contributed by atoms with Gasteiger partial charge < -0.3 is 15.0 Å². The van der Waals surface area contributed by atoms with E-state index in [9.17, 15) is 18.0 Å². The molecule has 0 unspecified atom stereocenters. The number of carbonyl (C=O) groups is 1. The van der Waals surface area contributed by atoms with Gasteiger partial charge in [0.05, 0.1) is 19.4 Å². The number of methoxy groups -OCH3 is 1. The zero-order valence-electron chi connectivity index (χ0n) is 12.9. The number of aromatic nitrogens is 4. The summed E-state index contributed by atoms with van der Waals surface area (Å²) in [6.07, 6.45) is -0.806. The van der Waals surface area contributed by atoms with Crippen LogP contribution in [0.5, 0.6) is 0 Å². The second-order valence-corrected chi connectivity index (χ2v) is 5.78. The van der Waals surface area contributed by atoms with Crippen LogP contribution in [0.3, 0.4) is 0 Å². The van der Waals surface area contributed by atoms with Crippen LogP contribution in [0, 0.1) is 5.92 Å². The van der Waals surface area contributed by atoms with Crippen LogP contribution in [0.15, 0.2) is 6.33 Å². The van der Waals surface area contributed by atoms with Gasteiger partial charge in [-0.3, -0.25) is 4.79 Å². The molecule has 2 aromatic rings. The molecule has 24 heavy (non-hydrogen) atoms. The smallest absolute Gasteiger partial charge is 0.451 e. The Hall–Kier alpha value is -2.39. The molecule has 2 aromatic heterocycles. The van der Waals surface area contributed by atoms with Crippen molar-refractivity contribution in [1.82, 2.24) is 19.5 Å². The van der Waals surface area contributed by atoms with Crippen molar-refractivity contribution in [2.24, 2.45) is 5.92 Å². The van der Waals surface area contributed by atoms with Gasteiger partial charge in [0, 0.05) is 6.04 Å². The largest absolute Gasteiger partial charge is 0.469 e. The summed E-state index contributed by atoms with van der Waals surface area (Å²) in [6.45, 7) is 0. The molecule has 10 heteroatoms. The normalized spacial score (nSPS) is 21.8. The number of nitrogens with zero attached hydrogens (tertiary/aromatic N) is 4. The molecular weight excluding hydrogens is 327 g/mol. The van der Waals surface area contributed by atoms with E-state index in [1.54, 1.807) is 4.57 Å². The molecule has 1 fully saturated rings. The fourth-order valence-corrected chi connectivity index (χ4v) is 3.09. The van der Waals surface area contributed by atoms with Gasteiger partial charge in [0.25, 0.3) is 0 Å². The number of esters is 1. The lowest BCUT2D eigenvalue weighted by Crippen LogP contribution is -2.24. The molecule has 1 aliphatic carbocycles. The van der Waals surface area contributed by atoms with Gasteiger partial charge in [-0.2, -0.15) is 13.2 Å².